The SMILES string of the molecule is CCCNCCNc1cc(C)nc(CC)n1. The highest BCUT2D eigenvalue weighted by molar-refractivity contribution is 5.35. The van der Waals surface area contributed by atoms with Crippen molar-refractivity contribution in [3.05, 3.63) is 17.6 Å². The Morgan fingerprint density at radius 1 is 1.12 bits per heavy atom. The van der Waals surface area contributed by atoms with Gasteiger partial charge in [0.2, 0.25) is 0 Å². The summed E-state index contributed by atoms with van der Waals surface area (Å²) in [5.74, 6) is 1.84. The van der Waals surface area contributed by atoms with Crippen LogP contribution in [0.15, 0.2) is 6.07 Å². The van der Waals surface area contributed by atoms with Gasteiger partial charge in [0.15, 0.2) is 0 Å². The van der Waals surface area contributed by atoms with Gasteiger partial charge in [0, 0.05) is 31.3 Å². The molecule has 2 N–H and O–H groups in total. The minimum Gasteiger partial charge on any atom is -0.369 e. The van der Waals surface area contributed by atoms with Crippen LogP contribution in [0.25, 0.3) is 0 Å². The fourth-order valence-corrected chi connectivity index (χ4v) is 1.46. The van der Waals surface area contributed by atoms with Crippen molar-refractivity contribution in [2.75, 3.05) is 25.0 Å². The Hall–Kier alpha value is -1.16. The summed E-state index contributed by atoms with van der Waals surface area (Å²) in [7, 11) is 0. The summed E-state index contributed by atoms with van der Waals surface area (Å²) in [6.07, 6.45) is 2.05. The summed E-state index contributed by atoms with van der Waals surface area (Å²) in [6.45, 7) is 9.19. The molecule has 1 rings (SSSR count). The first-order chi connectivity index (χ1) is 7.76. The summed E-state index contributed by atoms with van der Waals surface area (Å²) in [5.41, 5.74) is 1.02. The highest BCUT2D eigenvalue weighted by atomic mass is 15.0. The first kappa shape index (κ1) is 12.9. The number of aryl methyl sites for hydroxylation is 2. The Morgan fingerprint density at radius 2 is 1.94 bits per heavy atom. The maximum Gasteiger partial charge on any atom is 0.130 e. The van der Waals surface area contributed by atoms with E-state index in [1.54, 1.807) is 0 Å². The molecule has 0 saturated carbocycles. The van der Waals surface area contributed by atoms with Crippen molar-refractivity contribution in [3.63, 3.8) is 0 Å². The number of anilines is 1. The molecule has 0 spiro atoms. The number of hydrogen-bond donors (Lipinski definition) is 2. The summed E-state index contributed by atoms with van der Waals surface area (Å²) in [5, 5.41) is 6.65. The smallest absolute Gasteiger partial charge is 0.130 e. The van der Waals surface area contributed by atoms with E-state index in [4.69, 9.17) is 0 Å². The van der Waals surface area contributed by atoms with Gasteiger partial charge in [-0.3, -0.25) is 0 Å². The van der Waals surface area contributed by atoms with Crippen LogP contribution in [0.2, 0.25) is 0 Å². The second kappa shape index (κ2) is 7.17. The van der Waals surface area contributed by atoms with Crippen LogP contribution in [-0.2, 0) is 6.42 Å². The predicted molar refractivity (Wildman–Crippen MR) is 67.8 cm³/mol. The van der Waals surface area contributed by atoms with Gasteiger partial charge in [0.05, 0.1) is 0 Å². The van der Waals surface area contributed by atoms with Crippen molar-refractivity contribution in [3.8, 4) is 0 Å². The van der Waals surface area contributed by atoms with Gasteiger partial charge in [0.25, 0.3) is 0 Å². The standard InChI is InChI=1S/C12H22N4/c1-4-6-13-7-8-14-12-9-10(3)15-11(5-2)16-12/h9,13H,4-8H2,1-3H3,(H,14,15,16). The van der Waals surface area contributed by atoms with Crippen molar-refractivity contribution in [1.29, 1.82) is 0 Å². The maximum atomic E-state index is 4.42. The van der Waals surface area contributed by atoms with Crippen LogP contribution in [0, 0.1) is 6.92 Å². The number of nitrogens with zero attached hydrogens (tertiary/aromatic N) is 2. The molecule has 0 atom stereocenters. The first-order valence-corrected chi connectivity index (χ1v) is 6.05. The van der Waals surface area contributed by atoms with Crippen LogP contribution < -0.4 is 10.6 Å². The number of nitrogens with one attached hydrogen (secondary N) is 2. The molecule has 0 aliphatic heterocycles. The molecular formula is C12H22N4. The lowest BCUT2D eigenvalue weighted by Gasteiger charge is -2.08. The van der Waals surface area contributed by atoms with E-state index in [0.29, 0.717) is 0 Å². The van der Waals surface area contributed by atoms with Crippen LogP contribution in [-0.4, -0.2) is 29.6 Å². The Balaban J connectivity index is 2.38. The van der Waals surface area contributed by atoms with Gasteiger partial charge in [-0.1, -0.05) is 13.8 Å². The molecule has 1 heterocycles. The maximum absolute atomic E-state index is 4.42. The van der Waals surface area contributed by atoms with Crippen molar-refractivity contribution in [2.45, 2.75) is 33.6 Å². The summed E-state index contributed by atoms with van der Waals surface area (Å²) in [6, 6.07) is 1.99. The lowest BCUT2D eigenvalue weighted by Crippen LogP contribution is -2.23. The zero-order valence-electron chi connectivity index (χ0n) is 10.5. The average molecular weight is 222 g/mol. The quantitative estimate of drug-likeness (QED) is 0.690. The topological polar surface area (TPSA) is 49.8 Å². The zero-order chi connectivity index (χ0) is 11.8. The molecule has 0 fully saturated rings. The van der Waals surface area contributed by atoms with Gasteiger partial charge in [-0.25, -0.2) is 9.97 Å². The van der Waals surface area contributed by atoms with Crippen LogP contribution in [0.1, 0.15) is 31.8 Å². The normalized spacial score (nSPS) is 10.4. The molecule has 1 aromatic rings. The third-order valence-electron chi connectivity index (χ3n) is 2.25. The van der Waals surface area contributed by atoms with E-state index in [-0.39, 0.29) is 0 Å². The molecule has 0 amide bonds. The van der Waals surface area contributed by atoms with E-state index in [0.717, 1.165) is 43.4 Å². The van der Waals surface area contributed by atoms with Crippen molar-refractivity contribution in [1.82, 2.24) is 15.3 Å². The Kier molecular flexibility index (Phi) is 5.78. The van der Waals surface area contributed by atoms with E-state index < -0.39 is 0 Å². The second-order valence-electron chi connectivity index (χ2n) is 3.84. The highest BCUT2D eigenvalue weighted by Crippen LogP contribution is 2.05. The monoisotopic (exact) mass is 222 g/mol. The van der Waals surface area contributed by atoms with Gasteiger partial charge >= 0.3 is 0 Å². The van der Waals surface area contributed by atoms with Gasteiger partial charge in [0.1, 0.15) is 11.6 Å². The number of rotatable bonds is 7. The average Bonchev–Trinajstić information content (AvgIpc) is 2.28. The van der Waals surface area contributed by atoms with Gasteiger partial charge < -0.3 is 10.6 Å². The highest BCUT2D eigenvalue weighted by Gasteiger charge is 1.99. The first-order valence-electron chi connectivity index (χ1n) is 6.05. The predicted octanol–water partition coefficient (Wildman–Crippen LogP) is 1.76. The zero-order valence-corrected chi connectivity index (χ0v) is 10.5. The molecule has 0 aliphatic carbocycles. The van der Waals surface area contributed by atoms with E-state index >= 15 is 0 Å². The third-order valence-corrected chi connectivity index (χ3v) is 2.25. The van der Waals surface area contributed by atoms with Crippen molar-refractivity contribution < 1.29 is 0 Å². The van der Waals surface area contributed by atoms with Crippen LogP contribution in [0.3, 0.4) is 0 Å². The summed E-state index contributed by atoms with van der Waals surface area (Å²) in [4.78, 5) is 8.76. The number of hydrogen-bond acceptors (Lipinski definition) is 4. The number of aromatic nitrogens is 2. The van der Waals surface area contributed by atoms with Crippen molar-refractivity contribution in [2.24, 2.45) is 0 Å². The molecule has 4 nitrogen and oxygen atoms in total. The lowest BCUT2D eigenvalue weighted by atomic mass is 10.3. The largest absolute Gasteiger partial charge is 0.369 e. The van der Waals surface area contributed by atoms with Crippen LogP contribution in [0.4, 0.5) is 5.82 Å². The molecule has 0 radical (unpaired) electrons. The molecule has 0 saturated heterocycles. The minimum absolute atomic E-state index is 0.879. The van der Waals surface area contributed by atoms with Crippen molar-refractivity contribution >= 4 is 5.82 Å². The summed E-state index contributed by atoms with van der Waals surface area (Å²) >= 11 is 0. The minimum atomic E-state index is 0.879. The molecule has 1 aromatic heterocycles. The Bertz CT molecular complexity index is 312. The van der Waals surface area contributed by atoms with E-state index in [9.17, 15) is 0 Å². The molecule has 0 bridgehead atoms. The van der Waals surface area contributed by atoms with Crippen LogP contribution >= 0.6 is 0 Å². The van der Waals surface area contributed by atoms with E-state index in [1.807, 2.05) is 13.0 Å². The molecular weight excluding hydrogens is 200 g/mol. The third kappa shape index (κ3) is 4.57. The Morgan fingerprint density at radius 3 is 2.62 bits per heavy atom. The fraction of sp³-hybridized carbons (Fsp3) is 0.667. The molecule has 16 heavy (non-hydrogen) atoms. The van der Waals surface area contributed by atoms with Gasteiger partial charge in [-0.05, 0) is 19.9 Å². The second-order valence-corrected chi connectivity index (χ2v) is 3.84. The molecule has 4 heteroatoms. The summed E-state index contributed by atoms with van der Waals surface area (Å²) < 4.78 is 0. The molecule has 0 aliphatic rings. The Labute approximate surface area is 97.9 Å². The molecule has 0 aromatic carbocycles. The molecule has 0 unspecified atom stereocenters. The van der Waals surface area contributed by atoms with E-state index in [2.05, 4.69) is 34.4 Å². The van der Waals surface area contributed by atoms with Gasteiger partial charge in [-0.15, -0.1) is 0 Å². The van der Waals surface area contributed by atoms with Crippen LogP contribution in [0.5, 0.6) is 0 Å². The lowest BCUT2D eigenvalue weighted by molar-refractivity contribution is 0.686. The molecule has 90 valence electrons. The van der Waals surface area contributed by atoms with E-state index in [1.165, 1.54) is 6.42 Å². The van der Waals surface area contributed by atoms with Gasteiger partial charge in [-0.2, -0.15) is 0 Å². The fourth-order valence-electron chi connectivity index (χ4n) is 1.46.